The summed E-state index contributed by atoms with van der Waals surface area (Å²) in [7, 11) is 1.83. The number of carbonyl (C=O) groups is 1. The molecule has 1 N–H and O–H groups in total. The average Bonchev–Trinajstić information content (AvgIpc) is 3.19. The van der Waals surface area contributed by atoms with Gasteiger partial charge in [0.25, 0.3) is 0 Å². The van der Waals surface area contributed by atoms with Gasteiger partial charge in [-0.1, -0.05) is 23.1 Å². The summed E-state index contributed by atoms with van der Waals surface area (Å²) in [5.41, 5.74) is 3.32. The van der Waals surface area contributed by atoms with Crippen LogP contribution in [0.2, 0.25) is 0 Å². The fraction of sp³-hybridized carbons (Fsp3) is 0.0667. The van der Waals surface area contributed by atoms with Crippen molar-refractivity contribution in [2.45, 2.75) is 9.24 Å². The molecule has 0 atom stereocenters. The zero-order chi connectivity index (χ0) is 16.1. The smallest absolute Gasteiger partial charge is 0.248 e. The van der Waals surface area contributed by atoms with E-state index in [0.29, 0.717) is 0 Å². The lowest BCUT2D eigenvalue weighted by atomic mass is 10.3. The number of anilines is 1. The molecule has 1 aromatic carbocycles. The Morgan fingerprint density at radius 1 is 1.35 bits per heavy atom. The minimum absolute atomic E-state index is 0.182. The van der Waals surface area contributed by atoms with Crippen molar-refractivity contribution in [1.82, 2.24) is 20.0 Å². The molecule has 23 heavy (non-hydrogen) atoms. The SMILES string of the molecule is Cn1cc(/C=C\C(=O)Nc2ccc(Sc3nncs3)cc2)cn1. The normalized spacial score (nSPS) is 11.0. The maximum absolute atomic E-state index is 11.9. The lowest BCUT2D eigenvalue weighted by molar-refractivity contribution is -0.111. The van der Waals surface area contributed by atoms with Crippen molar-refractivity contribution in [2.75, 3.05) is 5.32 Å². The van der Waals surface area contributed by atoms with Gasteiger partial charge in [0, 0.05) is 35.5 Å². The molecule has 0 unspecified atom stereocenters. The van der Waals surface area contributed by atoms with E-state index in [1.54, 1.807) is 34.2 Å². The van der Waals surface area contributed by atoms with Gasteiger partial charge >= 0.3 is 0 Å². The Morgan fingerprint density at radius 2 is 2.17 bits per heavy atom. The molecule has 6 nitrogen and oxygen atoms in total. The Balaban J connectivity index is 1.57. The summed E-state index contributed by atoms with van der Waals surface area (Å²) in [6.07, 6.45) is 6.75. The highest BCUT2D eigenvalue weighted by molar-refractivity contribution is 8.01. The van der Waals surface area contributed by atoms with E-state index >= 15 is 0 Å². The lowest BCUT2D eigenvalue weighted by Gasteiger charge is -2.03. The maximum atomic E-state index is 11.9. The molecule has 0 fully saturated rings. The Labute approximate surface area is 141 Å². The number of aromatic nitrogens is 4. The first-order chi connectivity index (χ1) is 11.2. The molecule has 116 valence electrons. The third-order valence-electron chi connectivity index (χ3n) is 2.82. The molecule has 0 saturated heterocycles. The van der Waals surface area contributed by atoms with Gasteiger partial charge in [0.05, 0.1) is 6.20 Å². The number of rotatable bonds is 5. The van der Waals surface area contributed by atoms with Crippen LogP contribution in [0.3, 0.4) is 0 Å². The van der Waals surface area contributed by atoms with Crippen LogP contribution in [0, 0.1) is 0 Å². The average molecular weight is 343 g/mol. The minimum Gasteiger partial charge on any atom is -0.323 e. The Kier molecular flexibility index (Phi) is 4.84. The Hall–Kier alpha value is -2.45. The second kappa shape index (κ2) is 7.21. The van der Waals surface area contributed by atoms with Crippen LogP contribution in [0.1, 0.15) is 5.56 Å². The van der Waals surface area contributed by atoms with Crippen LogP contribution >= 0.6 is 23.1 Å². The molecule has 2 aromatic heterocycles. The standard InChI is InChI=1S/C15H13N5OS2/c1-20-9-11(8-17-20)2-7-14(21)18-12-3-5-13(6-4-12)23-15-19-16-10-22-15/h2-10H,1H3,(H,18,21)/b7-2-. The third-order valence-corrected chi connectivity index (χ3v) is 4.60. The minimum atomic E-state index is -0.182. The van der Waals surface area contributed by atoms with E-state index in [-0.39, 0.29) is 5.91 Å². The van der Waals surface area contributed by atoms with Gasteiger partial charge in [-0.25, -0.2) is 0 Å². The third kappa shape index (κ3) is 4.51. The molecule has 0 saturated carbocycles. The molecule has 1 amide bonds. The van der Waals surface area contributed by atoms with Gasteiger partial charge < -0.3 is 5.32 Å². The van der Waals surface area contributed by atoms with Gasteiger partial charge in [0.1, 0.15) is 5.51 Å². The summed E-state index contributed by atoms with van der Waals surface area (Å²) in [5, 5.41) is 14.6. The number of amides is 1. The van der Waals surface area contributed by atoms with Crippen molar-refractivity contribution in [3.63, 3.8) is 0 Å². The second-order valence-electron chi connectivity index (χ2n) is 4.60. The van der Waals surface area contributed by atoms with Gasteiger partial charge in [-0.3, -0.25) is 9.48 Å². The second-order valence-corrected chi connectivity index (χ2v) is 6.75. The van der Waals surface area contributed by atoms with Crippen molar-refractivity contribution >= 4 is 40.8 Å². The number of hydrogen-bond donors (Lipinski definition) is 1. The van der Waals surface area contributed by atoms with Gasteiger partial charge in [-0.05, 0) is 30.3 Å². The number of aryl methyl sites for hydroxylation is 1. The monoisotopic (exact) mass is 343 g/mol. The fourth-order valence-corrected chi connectivity index (χ4v) is 3.25. The molecule has 3 aromatic rings. The quantitative estimate of drug-likeness (QED) is 0.721. The molecule has 0 bridgehead atoms. The zero-order valence-corrected chi connectivity index (χ0v) is 13.8. The van der Waals surface area contributed by atoms with Gasteiger partial charge in [-0.15, -0.1) is 10.2 Å². The van der Waals surface area contributed by atoms with Gasteiger partial charge in [-0.2, -0.15) is 5.10 Å². The topological polar surface area (TPSA) is 72.7 Å². The summed E-state index contributed by atoms with van der Waals surface area (Å²) < 4.78 is 2.58. The van der Waals surface area contributed by atoms with Crippen LogP contribution in [-0.4, -0.2) is 25.9 Å². The summed E-state index contributed by atoms with van der Waals surface area (Å²) >= 11 is 3.03. The molecule has 3 rings (SSSR count). The van der Waals surface area contributed by atoms with E-state index in [2.05, 4.69) is 20.6 Å². The van der Waals surface area contributed by atoms with E-state index in [9.17, 15) is 4.79 Å². The number of benzene rings is 1. The number of nitrogens with zero attached hydrogens (tertiary/aromatic N) is 4. The highest BCUT2D eigenvalue weighted by atomic mass is 32.2. The number of nitrogens with one attached hydrogen (secondary N) is 1. The molecule has 0 radical (unpaired) electrons. The predicted molar refractivity (Wildman–Crippen MR) is 91.3 cm³/mol. The van der Waals surface area contributed by atoms with Gasteiger partial charge in [0.15, 0.2) is 4.34 Å². The zero-order valence-electron chi connectivity index (χ0n) is 12.2. The molecular weight excluding hydrogens is 330 g/mol. The van der Waals surface area contributed by atoms with E-state index in [1.165, 1.54) is 17.4 Å². The van der Waals surface area contributed by atoms with Crippen LogP contribution in [0.15, 0.2) is 57.5 Å². The van der Waals surface area contributed by atoms with Crippen LogP contribution < -0.4 is 5.32 Å². The largest absolute Gasteiger partial charge is 0.323 e. The summed E-state index contributed by atoms with van der Waals surface area (Å²) in [5.74, 6) is -0.182. The molecule has 0 aliphatic carbocycles. The van der Waals surface area contributed by atoms with Gasteiger partial charge in [0.2, 0.25) is 5.91 Å². The molecule has 0 spiro atoms. The van der Waals surface area contributed by atoms with E-state index in [0.717, 1.165) is 20.5 Å². The predicted octanol–water partition coefficient (Wildman–Crippen LogP) is 3.07. The summed E-state index contributed by atoms with van der Waals surface area (Å²) in [6, 6.07) is 7.59. The molecular formula is C15H13N5OS2. The van der Waals surface area contributed by atoms with Crippen molar-refractivity contribution in [1.29, 1.82) is 0 Å². The molecule has 0 aliphatic rings. The molecule has 8 heteroatoms. The number of carbonyl (C=O) groups excluding carboxylic acids is 1. The molecule has 2 heterocycles. The lowest BCUT2D eigenvalue weighted by Crippen LogP contribution is -2.07. The molecule has 0 aliphatic heterocycles. The maximum Gasteiger partial charge on any atom is 0.248 e. The van der Waals surface area contributed by atoms with Crippen molar-refractivity contribution in [3.05, 3.63) is 53.8 Å². The van der Waals surface area contributed by atoms with Crippen molar-refractivity contribution < 1.29 is 4.79 Å². The van der Waals surface area contributed by atoms with Crippen molar-refractivity contribution in [2.24, 2.45) is 7.05 Å². The first-order valence-electron chi connectivity index (χ1n) is 6.71. The van der Waals surface area contributed by atoms with E-state index < -0.39 is 0 Å². The van der Waals surface area contributed by atoms with Crippen LogP contribution in [0.5, 0.6) is 0 Å². The Morgan fingerprint density at radius 3 is 2.83 bits per heavy atom. The van der Waals surface area contributed by atoms with Crippen LogP contribution in [-0.2, 0) is 11.8 Å². The van der Waals surface area contributed by atoms with E-state index in [1.807, 2.05) is 37.5 Å². The van der Waals surface area contributed by atoms with E-state index in [4.69, 9.17) is 0 Å². The summed E-state index contributed by atoms with van der Waals surface area (Å²) in [6.45, 7) is 0. The van der Waals surface area contributed by atoms with Crippen molar-refractivity contribution in [3.8, 4) is 0 Å². The Bertz CT molecular complexity index is 809. The van der Waals surface area contributed by atoms with Crippen LogP contribution in [0.4, 0.5) is 5.69 Å². The highest BCUT2D eigenvalue weighted by Crippen LogP contribution is 2.29. The summed E-state index contributed by atoms with van der Waals surface area (Å²) in [4.78, 5) is 12.9. The first kappa shape index (κ1) is 15.4. The van der Waals surface area contributed by atoms with Crippen LogP contribution in [0.25, 0.3) is 6.08 Å². The highest BCUT2D eigenvalue weighted by Gasteiger charge is 2.02. The fourth-order valence-electron chi connectivity index (χ4n) is 1.80. The number of hydrogen-bond acceptors (Lipinski definition) is 6. The first-order valence-corrected chi connectivity index (χ1v) is 8.40.